The molecule has 3 unspecified atom stereocenters. The van der Waals surface area contributed by atoms with Gasteiger partial charge < -0.3 is 19.8 Å². The van der Waals surface area contributed by atoms with Crippen LogP contribution in [0, 0.1) is 17.8 Å². The van der Waals surface area contributed by atoms with Crippen molar-refractivity contribution in [1.29, 1.82) is 0 Å². The predicted octanol–water partition coefficient (Wildman–Crippen LogP) is 3.32. The first-order chi connectivity index (χ1) is 17.1. The number of halogens is 1. The number of carbonyl (C=O) groups excluding carboxylic acids is 3. The molecule has 2 bridgehead atoms. The second-order valence-corrected chi connectivity index (χ2v) is 13.2. The lowest BCUT2D eigenvalue weighted by molar-refractivity contribution is -0.147. The molecule has 0 radical (unpaired) electrons. The van der Waals surface area contributed by atoms with Gasteiger partial charge in [0.1, 0.15) is 6.04 Å². The van der Waals surface area contributed by atoms with Gasteiger partial charge in [-0.3, -0.25) is 14.4 Å². The van der Waals surface area contributed by atoms with Gasteiger partial charge in [0.2, 0.25) is 17.7 Å². The Kier molecular flexibility index (Phi) is 9.77. The van der Waals surface area contributed by atoms with Gasteiger partial charge in [0, 0.05) is 36.8 Å². The number of unbranched alkanes of at least 4 members (excludes halogenated alkanes) is 1. The average Bonchev–Trinajstić information content (AvgIpc) is 3.45. The van der Waals surface area contributed by atoms with Crippen molar-refractivity contribution < 1.29 is 19.5 Å². The second kappa shape index (κ2) is 12.0. The lowest BCUT2D eigenvalue weighted by atomic mass is 9.70. The van der Waals surface area contributed by atoms with Crippen LogP contribution < -0.4 is 0 Å². The summed E-state index contributed by atoms with van der Waals surface area (Å²) in [5.41, 5.74) is 0. The number of nitrogens with zero attached hydrogens (tertiary/aromatic N) is 3. The highest BCUT2D eigenvalue weighted by Crippen LogP contribution is 2.68. The first-order valence-corrected chi connectivity index (χ1v) is 14.9. The minimum absolute atomic E-state index is 0.00697. The first kappa shape index (κ1) is 29.2. The van der Waals surface area contributed by atoms with Gasteiger partial charge in [0.25, 0.3) is 0 Å². The van der Waals surface area contributed by atoms with E-state index in [1.807, 2.05) is 13.8 Å². The van der Waals surface area contributed by atoms with Crippen molar-refractivity contribution in [3.63, 3.8) is 0 Å². The Balaban J connectivity index is 2.13. The summed E-state index contributed by atoms with van der Waals surface area (Å²) < 4.78 is -0.713. The fourth-order valence-corrected chi connectivity index (χ4v) is 9.89. The van der Waals surface area contributed by atoms with Gasteiger partial charge in [-0.2, -0.15) is 0 Å². The topological polar surface area (TPSA) is 81.2 Å². The maximum atomic E-state index is 14.3. The van der Waals surface area contributed by atoms with Gasteiger partial charge in [0.15, 0.2) is 0 Å². The van der Waals surface area contributed by atoms with Gasteiger partial charge in [-0.05, 0) is 18.8 Å². The lowest BCUT2D eigenvalue weighted by Gasteiger charge is -2.41. The summed E-state index contributed by atoms with van der Waals surface area (Å²) in [5, 5.41) is 10.4. The highest BCUT2D eigenvalue weighted by atomic mass is 79.9. The normalized spacial score (nSPS) is 32.2. The number of hydrogen-bond donors (Lipinski definition) is 1. The number of thioether (sulfide) groups is 1. The molecule has 36 heavy (non-hydrogen) atoms. The Morgan fingerprint density at radius 3 is 2.50 bits per heavy atom. The van der Waals surface area contributed by atoms with Crippen LogP contribution in [0.4, 0.5) is 0 Å². The van der Waals surface area contributed by atoms with E-state index in [-0.39, 0.29) is 40.3 Å². The number of aliphatic hydroxyl groups excluding tert-OH is 1. The zero-order chi connectivity index (χ0) is 26.8. The van der Waals surface area contributed by atoms with Crippen LogP contribution in [-0.4, -0.2) is 97.7 Å². The van der Waals surface area contributed by atoms with Gasteiger partial charge in [0.05, 0.1) is 29.2 Å². The predicted molar refractivity (Wildman–Crippen MR) is 149 cm³/mol. The molecule has 0 aromatic heterocycles. The van der Waals surface area contributed by atoms with E-state index in [2.05, 4.69) is 36.0 Å². The number of likely N-dealkylation sites (tertiary alicyclic amines) is 1. The summed E-state index contributed by atoms with van der Waals surface area (Å²) >= 11 is 5.46. The molecular weight excluding hydrogens is 542 g/mol. The maximum absolute atomic E-state index is 14.3. The monoisotopic (exact) mass is 583 g/mol. The molecular formula is C27H42BrN3O4S. The van der Waals surface area contributed by atoms with Crippen molar-refractivity contribution in [2.75, 3.05) is 33.3 Å². The number of alkyl halides is 1. The highest BCUT2D eigenvalue weighted by molar-refractivity contribution is 9.09. The van der Waals surface area contributed by atoms with Crippen LogP contribution in [0.3, 0.4) is 0 Å². The molecule has 202 valence electrons. The van der Waals surface area contributed by atoms with E-state index < -0.39 is 28.7 Å². The van der Waals surface area contributed by atoms with Crippen LogP contribution >= 0.6 is 27.7 Å². The van der Waals surface area contributed by atoms with Crippen LogP contribution in [-0.2, 0) is 14.4 Å². The Morgan fingerprint density at radius 1 is 1.28 bits per heavy atom. The summed E-state index contributed by atoms with van der Waals surface area (Å²) in [7, 11) is 1.74. The molecule has 0 aliphatic carbocycles. The Bertz CT molecular complexity index is 872. The van der Waals surface area contributed by atoms with E-state index in [1.54, 1.807) is 45.7 Å². The van der Waals surface area contributed by atoms with Crippen LogP contribution in [0.1, 0.15) is 46.5 Å². The van der Waals surface area contributed by atoms with E-state index in [0.29, 0.717) is 26.1 Å². The SMILES string of the molecule is C=CCN(C)C(=O)[C@H]1[C@@H]2SC3(CC2Br)C(C(=O)N(CC=C)CCCC)N([C@@H](CO)[C@@H](C)CC)C(=O)[C@H]13. The molecule has 3 amide bonds. The van der Waals surface area contributed by atoms with Gasteiger partial charge >= 0.3 is 0 Å². The Morgan fingerprint density at radius 2 is 1.94 bits per heavy atom. The number of hydrogen-bond acceptors (Lipinski definition) is 5. The smallest absolute Gasteiger partial charge is 0.247 e. The Labute approximate surface area is 228 Å². The van der Waals surface area contributed by atoms with E-state index in [9.17, 15) is 19.5 Å². The number of aliphatic hydroxyl groups is 1. The molecule has 3 heterocycles. The number of carbonyl (C=O) groups is 3. The van der Waals surface area contributed by atoms with E-state index in [4.69, 9.17) is 0 Å². The number of fused-ring (bicyclic) bond motifs is 1. The third-order valence-electron chi connectivity index (χ3n) is 8.31. The molecule has 9 heteroatoms. The fraction of sp³-hybridized carbons (Fsp3) is 0.741. The summed E-state index contributed by atoms with van der Waals surface area (Å²) in [5.74, 6) is -1.45. The number of amides is 3. The molecule has 3 saturated heterocycles. The van der Waals surface area contributed by atoms with Crippen LogP contribution in [0.5, 0.6) is 0 Å². The standard InChI is InChI=1S/C27H42BrN3O4S/c1-7-11-14-30(13-9-3)26(35)23-27-15-18(28)22(36-27)20(24(33)29(6)12-8-2)21(27)25(34)31(23)19(16-32)17(5)10-4/h8-9,17-23,32H,2-3,7,10-16H2,1,4-6H3/t17-,18?,19-,20+,21-,22+,23?,27?/m0/s1. The summed E-state index contributed by atoms with van der Waals surface area (Å²) in [6.45, 7) is 14.9. The molecule has 3 fully saturated rings. The molecule has 0 aromatic rings. The molecule has 3 aliphatic rings. The van der Waals surface area contributed by atoms with E-state index >= 15 is 0 Å². The molecule has 1 N–H and O–H groups in total. The first-order valence-electron chi connectivity index (χ1n) is 13.1. The molecule has 3 rings (SSSR count). The third kappa shape index (κ3) is 4.80. The maximum Gasteiger partial charge on any atom is 0.247 e. The van der Waals surface area contributed by atoms with E-state index in [0.717, 1.165) is 19.3 Å². The van der Waals surface area contributed by atoms with Crippen molar-refractivity contribution in [3.8, 4) is 0 Å². The lowest BCUT2D eigenvalue weighted by Crippen LogP contribution is -2.59. The van der Waals surface area contributed by atoms with Crippen molar-refractivity contribution in [2.45, 2.75) is 73.4 Å². The molecule has 3 aliphatic heterocycles. The third-order valence-corrected chi connectivity index (χ3v) is 11.5. The van der Waals surface area contributed by atoms with Gasteiger partial charge in [-0.1, -0.05) is 61.7 Å². The molecule has 1 spiro atoms. The summed E-state index contributed by atoms with van der Waals surface area (Å²) in [6, 6.07) is -1.21. The summed E-state index contributed by atoms with van der Waals surface area (Å²) in [6.07, 6.45) is 6.61. The van der Waals surface area contributed by atoms with Crippen LogP contribution in [0.2, 0.25) is 0 Å². The quantitative estimate of drug-likeness (QED) is 0.266. The molecule has 8 atom stereocenters. The van der Waals surface area contributed by atoms with E-state index in [1.165, 1.54) is 0 Å². The summed E-state index contributed by atoms with van der Waals surface area (Å²) in [4.78, 5) is 47.4. The zero-order valence-corrected chi connectivity index (χ0v) is 24.5. The van der Waals surface area contributed by atoms with Gasteiger partial charge in [-0.15, -0.1) is 24.9 Å². The van der Waals surface area contributed by atoms with Crippen LogP contribution in [0.15, 0.2) is 25.3 Å². The van der Waals surface area contributed by atoms with Crippen molar-refractivity contribution >= 4 is 45.4 Å². The van der Waals surface area contributed by atoms with Gasteiger partial charge in [-0.25, -0.2) is 0 Å². The van der Waals surface area contributed by atoms with Crippen molar-refractivity contribution in [1.82, 2.24) is 14.7 Å². The highest BCUT2D eigenvalue weighted by Gasteiger charge is 2.76. The minimum Gasteiger partial charge on any atom is -0.394 e. The minimum atomic E-state index is -0.726. The largest absolute Gasteiger partial charge is 0.394 e. The Hall–Kier alpha value is -1.32. The zero-order valence-electron chi connectivity index (χ0n) is 22.1. The van der Waals surface area contributed by atoms with Crippen LogP contribution in [0.25, 0.3) is 0 Å². The average molecular weight is 585 g/mol. The number of rotatable bonds is 13. The van der Waals surface area contributed by atoms with Crippen molar-refractivity contribution in [3.05, 3.63) is 25.3 Å². The number of likely N-dealkylation sites (N-methyl/N-ethyl adjacent to an activating group) is 1. The van der Waals surface area contributed by atoms with Crippen molar-refractivity contribution in [2.24, 2.45) is 17.8 Å². The second-order valence-electron chi connectivity index (χ2n) is 10.5. The molecule has 0 saturated carbocycles. The molecule has 7 nitrogen and oxygen atoms in total. The fourth-order valence-electron chi connectivity index (χ4n) is 6.31. The molecule has 0 aromatic carbocycles.